The van der Waals surface area contributed by atoms with Crippen LogP contribution in [0.1, 0.15) is 33.3 Å². The van der Waals surface area contributed by atoms with Gasteiger partial charge in [0.25, 0.3) is 5.91 Å². The largest absolute Gasteiger partial charge is 0.461 e. The number of benzene rings is 2. The number of para-hydroxylation sites is 1. The van der Waals surface area contributed by atoms with Crippen molar-refractivity contribution < 1.29 is 19.1 Å². The predicted molar refractivity (Wildman–Crippen MR) is 129 cm³/mol. The first-order valence-electron chi connectivity index (χ1n) is 11.5. The van der Waals surface area contributed by atoms with Gasteiger partial charge in [-0.3, -0.25) is 9.59 Å². The number of ether oxygens (including phenoxy) is 1. The molecule has 0 spiro atoms. The maximum atomic E-state index is 13.1. The fourth-order valence-electron chi connectivity index (χ4n) is 4.48. The minimum Gasteiger partial charge on any atom is -0.461 e. The van der Waals surface area contributed by atoms with Crippen molar-refractivity contribution >= 4 is 39.6 Å². The Morgan fingerprint density at radius 1 is 0.941 bits per heavy atom. The second kappa shape index (κ2) is 9.05. The number of hydrogen-bond acceptors (Lipinski definition) is 4. The molecule has 8 nitrogen and oxygen atoms in total. The van der Waals surface area contributed by atoms with Crippen LogP contribution in [0.2, 0.25) is 0 Å². The summed E-state index contributed by atoms with van der Waals surface area (Å²) in [6.07, 6.45) is 2.23. The molecule has 0 radical (unpaired) electrons. The van der Waals surface area contributed by atoms with E-state index in [-0.39, 0.29) is 11.8 Å². The normalized spacial score (nSPS) is 14.0. The van der Waals surface area contributed by atoms with Crippen molar-refractivity contribution in [2.45, 2.75) is 13.3 Å². The number of piperazine rings is 1. The Labute approximate surface area is 196 Å². The van der Waals surface area contributed by atoms with E-state index in [0.29, 0.717) is 50.5 Å². The Balaban J connectivity index is 1.22. The molecule has 0 bridgehead atoms. The third kappa shape index (κ3) is 4.14. The topological polar surface area (TPSA) is 98.5 Å². The van der Waals surface area contributed by atoms with Crippen molar-refractivity contribution in [3.8, 4) is 0 Å². The molecule has 34 heavy (non-hydrogen) atoms. The summed E-state index contributed by atoms with van der Waals surface area (Å²) in [4.78, 5) is 47.8. The van der Waals surface area contributed by atoms with Crippen LogP contribution in [0.3, 0.4) is 0 Å². The minimum absolute atomic E-state index is 0.0667. The maximum absolute atomic E-state index is 13.1. The average molecular weight is 459 g/mol. The lowest BCUT2D eigenvalue weighted by atomic mass is 10.1. The third-order valence-electron chi connectivity index (χ3n) is 6.30. The summed E-state index contributed by atoms with van der Waals surface area (Å²) < 4.78 is 5.03. The Morgan fingerprint density at radius 2 is 1.71 bits per heavy atom. The molecule has 2 aromatic carbocycles. The lowest BCUT2D eigenvalue weighted by Gasteiger charge is -2.35. The van der Waals surface area contributed by atoms with E-state index in [1.165, 1.54) is 0 Å². The van der Waals surface area contributed by atoms with Gasteiger partial charge < -0.3 is 24.5 Å². The molecule has 1 aliphatic heterocycles. The van der Waals surface area contributed by atoms with Gasteiger partial charge in [0.15, 0.2) is 0 Å². The Bertz CT molecular complexity index is 1380. The van der Waals surface area contributed by atoms with Gasteiger partial charge in [0.2, 0.25) is 5.91 Å². The molecule has 0 atom stereocenters. The summed E-state index contributed by atoms with van der Waals surface area (Å²) in [5.74, 6) is -0.429. The van der Waals surface area contributed by atoms with Crippen LogP contribution in [0.25, 0.3) is 21.8 Å². The van der Waals surface area contributed by atoms with Gasteiger partial charge in [0.1, 0.15) is 5.69 Å². The van der Waals surface area contributed by atoms with Crippen molar-refractivity contribution in [3.05, 3.63) is 71.5 Å². The highest BCUT2D eigenvalue weighted by atomic mass is 16.5. The number of hydrogen-bond donors (Lipinski definition) is 2. The quantitative estimate of drug-likeness (QED) is 0.448. The number of fused-ring (bicyclic) bond motifs is 2. The summed E-state index contributed by atoms with van der Waals surface area (Å²) in [5, 5.41) is 1.84. The monoisotopic (exact) mass is 458 g/mol. The maximum Gasteiger partial charge on any atom is 0.354 e. The first-order valence-corrected chi connectivity index (χ1v) is 11.5. The van der Waals surface area contributed by atoms with Crippen LogP contribution in [-0.4, -0.2) is 70.3 Å². The number of aromatic nitrogens is 2. The zero-order valence-corrected chi connectivity index (χ0v) is 19.0. The molecular weight excluding hydrogens is 432 g/mol. The number of nitrogens with zero attached hydrogens (tertiary/aromatic N) is 2. The zero-order chi connectivity index (χ0) is 23.7. The van der Waals surface area contributed by atoms with Gasteiger partial charge in [0, 0.05) is 59.7 Å². The molecule has 1 saturated heterocycles. The van der Waals surface area contributed by atoms with Crippen LogP contribution < -0.4 is 0 Å². The van der Waals surface area contributed by atoms with E-state index in [0.717, 1.165) is 27.4 Å². The molecule has 8 heteroatoms. The molecule has 0 unspecified atom stereocenters. The first kappa shape index (κ1) is 21.8. The molecule has 4 aromatic rings. The molecule has 5 rings (SSSR count). The lowest BCUT2D eigenvalue weighted by Crippen LogP contribution is -2.51. The number of carbonyl (C=O) groups excluding carboxylic acids is 3. The molecule has 0 saturated carbocycles. The van der Waals surface area contributed by atoms with E-state index in [1.54, 1.807) is 36.1 Å². The molecule has 174 valence electrons. The minimum atomic E-state index is -0.417. The van der Waals surface area contributed by atoms with Gasteiger partial charge >= 0.3 is 5.97 Å². The van der Waals surface area contributed by atoms with Crippen molar-refractivity contribution in [1.82, 2.24) is 19.8 Å². The molecule has 2 N–H and O–H groups in total. The van der Waals surface area contributed by atoms with Crippen LogP contribution in [0.5, 0.6) is 0 Å². The van der Waals surface area contributed by atoms with Crippen molar-refractivity contribution in [2.24, 2.45) is 0 Å². The smallest absolute Gasteiger partial charge is 0.354 e. The standard InChI is InChI=1S/C26H26N4O4/c1-2-34-26(33)23-14-18-13-17(7-8-21(18)28-23)25(32)30-11-9-29(10-12-30)24(31)15-19-16-27-22-6-4-3-5-20(19)22/h3-8,13-14,16,27-28H,2,9-12,15H2,1H3. The molecule has 0 aliphatic carbocycles. The van der Waals surface area contributed by atoms with Crippen LogP contribution in [0, 0.1) is 0 Å². The SMILES string of the molecule is CCOC(=O)c1cc2cc(C(=O)N3CCN(C(=O)Cc4c[nH]c5ccccc45)CC3)ccc2[nH]1. The van der Waals surface area contributed by atoms with Crippen LogP contribution in [0.15, 0.2) is 54.7 Å². The van der Waals surface area contributed by atoms with Crippen LogP contribution >= 0.6 is 0 Å². The summed E-state index contributed by atoms with van der Waals surface area (Å²) in [6, 6.07) is 15.0. The number of esters is 1. The highest BCUT2D eigenvalue weighted by Crippen LogP contribution is 2.21. The number of aromatic amines is 2. The van der Waals surface area contributed by atoms with Gasteiger partial charge in [-0.25, -0.2) is 4.79 Å². The Kier molecular flexibility index (Phi) is 5.79. The Morgan fingerprint density at radius 3 is 2.50 bits per heavy atom. The van der Waals surface area contributed by atoms with Gasteiger partial charge in [0.05, 0.1) is 13.0 Å². The molecular formula is C26H26N4O4. The van der Waals surface area contributed by atoms with E-state index in [9.17, 15) is 14.4 Å². The molecule has 1 aliphatic rings. The van der Waals surface area contributed by atoms with Crippen molar-refractivity contribution in [1.29, 1.82) is 0 Å². The third-order valence-corrected chi connectivity index (χ3v) is 6.30. The fraction of sp³-hybridized carbons (Fsp3) is 0.269. The number of nitrogens with one attached hydrogen (secondary N) is 2. The van der Waals surface area contributed by atoms with Gasteiger partial charge in [-0.2, -0.15) is 0 Å². The number of H-pyrrole nitrogens is 2. The molecule has 2 amide bonds. The number of carbonyl (C=O) groups is 3. The van der Waals surface area contributed by atoms with Gasteiger partial charge in [-0.1, -0.05) is 18.2 Å². The predicted octanol–water partition coefficient (Wildman–Crippen LogP) is 3.35. The lowest BCUT2D eigenvalue weighted by molar-refractivity contribution is -0.131. The summed E-state index contributed by atoms with van der Waals surface area (Å²) in [5.41, 5.74) is 3.70. The van der Waals surface area contributed by atoms with Crippen molar-refractivity contribution in [2.75, 3.05) is 32.8 Å². The van der Waals surface area contributed by atoms with E-state index in [1.807, 2.05) is 35.4 Å². The molecule has 3 heterocycles. The molecule has 1 fully saturated rings. The highest BCUT2D eigenvalue weighted by Gasteiger charge is 2.25. The second-order valence-electron chi connectivity index (χ2n) is 8.41. The van der Waals surface area contributed by atoms with E-state index < -0.39 is 5.97 Å². The summed E-state index contributed by atoms with van der Waals surface area (Å²) >= 11 is 0. The summed E-state index contributed by atoms with van der Waals surface area (Å²) in [7, 11) is 0. The van der Waals surface area contributed by atoms with Crippen molar-refractivity contribution in [3.63, 3.8) is 0 Å². The van der Waals surface area contributed by atoms with E-state index >= 15 is 0 Å². The summed E-state index contributed by atoms with van der Waals surface area (Å²) in [6.45, 7) is 4.04. The number of rotatable bonds is 5. The van der Waals surface area contributed by atoms with Gasteiger partial charge in [-0.15, -0.1) is 0 Å². The second-order valence-corrected chi connectivity index (χ2v) is 8.41. The molecule has 2 aromatic heterocycles. The Hall–Kier alpha value is -4.07. The van der Waals surface area contributed by atoms with E-state index in [4.69, 9.17) is 4.74 Å². The van der Waals surface area contributed by atoms with E-state index in [2.05, 4.69) is 9.97 Å². The fourth-order valence-corrected chi connectivity index (χ4v) is 4.48. The highest BCUT2D eigenvalue weighted by molar-refractivity contribution is 6.00. The van der Waals surface area contributed by atoms with Crippen LogP contribution in [0.4, 0.5) is 0 Å². The average Bonchev–Trinajstić information content (AvgIpc) is 3.48. The number of amides is 2. The van der Waals surface area contributed by atoms with Crippen LogP contribution in [-0.2, 0) is 16.0 Å². The first-order chi connectivity index (χ1) is 16.5. The zero-order valence-electron chi connectivity index (χ0n) is 19.0. The van der Waals surface area contributed by atoms with Gasteiger partial charge in [-0.05, 0) is 42.8 Å².